The van der Waals surface area contributed by atoms with Crippen LogP contribution in [0.1, 0.15) is 41.2 Å². The molecule has 0 aliphatic heterocycles. The van der Waals surface area contributed by atoms with E-state index in [-0.39, 0.29) is 46.1 Å². The Kier molecular flexibility index (Phi) is 7.42. The minimum absolute atomic E-state index is 0.0575. The van der Waals surface area contributed by atoms with Gasteiger partial charge in [-0.15, -0.1) is 0 Å². The molecule has 35 heavy (non-hydrogen) atoms. The molecule has 11 heteroatoms. The number of carbonyl (C=O) groups excluding carboxylic acids is 1. The van der Waals surface area contributed by atoms with E-state index in [1.807, 2.05) is 0 Å². The number of nitrogens with one attached hydrogen (secondary N) is 1. The standard InChI is InChI=1S/C24H24F4N2O4S/c1-4-21-19(23(32)29-16-6-8-18(9-7-16)35(3,33)34)13-17(11-14(2)31)30(21)22-10-5-15(25)12-20(22)24(26,27)28/h5-10,12-14,31H,4,11H2,1-3H3,(H,29,32)/t14-/m0/s1. The molecule has 0 fully saturated rings. The number of hydrogen-bond donors (Lipinski definition) is 2. The lowest BCUT2D eigenvalue weighted by Gasteiger charge is -2.19. The molecule has 6 nitrogen and oxygen atoms in total. The van der Waals surface area contributed by atoms with Gasteiger partial charge in [-0.05, 0) is 61.9 Å². The number of anilines is 1. The smallest absolute Gasteiger partial charge is 0.393 e. The number of aromatic nitrogens is 1. The van der Waals surface area contributed by atoms with Gasteiger partial charge in [-0.3, -0.25) is 4.79 Å². The summed E-state index contributed by atoms with van der Waals surface area (Å²) >= 11 is 0. The van der Waals surface area contributed by atoms with Gasteiger partial charge in [0.2, 0.25) is 0 Å². The normalized spacial score (nSPS) is 13.0. The van der Waals surface area contributed by atoms with E-state index in [0.29, 0.717) is 6.07 Å². The lowest BCUT2D eigenvalue weighted by Crippen LogP contribution is -2.17. The highest BCUT2D eigenvalue weighted by molar-refractivity contribution is 7.90. The van der Waals surface area contributed by atoms with Crippen LogP contribution in [0, 0.1) is 5.82 Å². The zero-order valence-corrected chi connectivity index (χ0v) is 20.0. The molecule has 0 bridgehead atoms. The first-order chi connectivity index (χ1) is 16.2. The largest absolute Gasteiger partial charge is 0.418 e. The van der Waals surface area contributed by atoms with Crippen molar-refractivity contribution in [1.29, 1.82) is 0 Å². The van der Waals surface area contributed by atoms with E-state index in [2.05, 4.69) is 5.32 Å². The first-order valence-corrected chi connectivity index (χ1v) is 12.5. The molecule has 0 saturated heterocycles. The van der Waals surface area contributed by atoms with Gasteiger partial charge in [-0.2, -0.15) is 13.2 Å². The first kappa shape index (κ1) is 26.4. The summed E-state index contributed by atoms with van der Waals surface area (Å²) in [6, 6.07) is 9.13. The van der Waals surface area contributed by atoms with Gasteiger partial charge in [-0.1, -0.05) is 6.92 Å². The van der Waals surface area contributed by atoms with Crippen LogP contribution in [0.5, 0.6) is 0 Å². The molecule has 0 aliphatic carbocycles. The van der Waals surface area contributed by atoms with Gasteiger partial charge < -0.3 is 15.0 Å². The molecule has 2 aromatic carbocycles. The van der Waals surface area contributed by atoms with Gasteiger partial charge in [-0.25, -0.2) is 12.8 Å². The highest BCUT2D eigenvalue weighted by atomic mass is 32.2. The molecule has 0 saturated carbocycles. The van der Waals surface area contributed by atoms with Crippen molar-refractivity contribution >= 4 is 21.4 Å². The molecule has 1 amide bonds. The summed E-state index contributed by atoms with van der Waals surface area (Å²) in [6.07, 6.45) is -4.64. The van der Waals surface area contributed by atoms with Crippen LogP contribution in [0.15, 0.2) is 53.4 Å². The Labute approximate surface area is 200 Å². The third-order valence-electron chi connectivity index (χ3n) is 5.31. The maximum absolute atomic E-state index is 13.8. The maximum Gasteiger partial charge on any atom is 0.418 e. The number of aliphatic hydroxyl groups excluding tert-OH is 1. The first-order valence-electron chi connectivity index (χ1n) is 10.6. The monoisotopic (exact) mass is 512 g/mol. The van der Waals surface area contributed by atoms with Crippen LogP contribution < -0.4 is 5.32 Å². The quantitative estimate of drug-likeness (QED) is 0.446. The fourth-order valence-electron chi connectivity index (χ4n) is 3.82. The third-order valence-corrected chi connectivity index (χ3v) is 6.44. The topological polar surface area (TPSA) is 88.4 Å². The highest BCUT2D eigenvalue weighted by Crippen LogP contribution is 2.37. The number of sulfone groups is 1. The summed E-state index contributed by atoms with van der Waals surface area (Å²) < 4.78 is 79.5. The summed E-state index contributed by atoms with van der Waals surface area (Å²) in [5, 5.41) is 12.6. The van der Waals surface area contributed by atoms with Crippen molar-refractivity contribution in [2.75, 3.05) is 11.6 Å². The molecule has 1 aromatic heterocycles. The minimum Gasteiger partial charge on any atom is -0.393 e. The molecule has 0 aliphatic rings. The number of halogens is 4. The number of amides is 1. The van der Waals surface area contributed by atoms with E-state index in [1.165, 1.54) is 41.8 Å². The fraction of sp³-hybridized carbons (Fsp3) is 0.292. The van der Waals surface area contributed by atoms with E-state index in [9.17, 15) is 35.9 Å². The number of rotatable bonds is 7. The molecule has 2 N–H and O–H groups in total. The second kappa shape index (κ2) is 9.82. The van der Waals surface area contributed by atoms with Gasteiger partial charge >= 0.3 is 6.18 Å². The highest BCUT2D eigenvalue weighted by Gasteiger charge is 2.36. The second-order valence-electron chi connectivity index (χ2n) is 8.15. The van der Waals surface area contributed by atoms with Crippen LogP contribution >= 0.6 is 0 Å². The van der Waals surface area contributed by atoms with Crippen LogP contribution in [0.4, 0.5) is 23.2 Å². The van der Waals surface area contributed by atoms with E-state index in [0.717, 1.165) is 18.4 Å². The van der Waals surface area contributed by atoms with E-state index in [1.54, 1.807) is 6.92 Å². The molecular formula is C24H24F4N2O4S. The third kappa shape index (κ3) is 5.91. The number of nitrogens with zero attached hydrogens (tertiary/aromatic N) is 1. The van der Waals surface area contributed by atoms with Crippen molar-refractivity contribution in [3.8, 4) is 5.69 Å². The molecule has 1 heterocycles. The van der Waals surface area contributed by atoms with Crippen molar-refractivity contribution in [2.45, 2.75) is 43.9 Å². The molecule has 188 valence electrons. The molecule has 0 spiro atoms. The number of benzene rings is 2. The number of hydrogen-bond acceptors (Lipinski definition) is 4. The van der Waals surface area contributed by atoms with Crippen LogP contribution in [0.2, 0.25) is 0 Å². The van der Waals surface area contributed by atoms with Gasteiger partial charge in [0.25, 0.3) is 5.91 Å². The molecule has 3 rings (SSSR count). The molecule has 0 radical (unpaired) electrons. The van der Waals surface area contributed by atoms with Crippen molar-refractivity contribution < 1.29 is 35.9 Å². The van der Waals surface area contributed by atoms with Gasteiger partial charge in [0.05, 0.1) is 27.8 Å². The zero-order chi connectivity index (χ0) is 26.1. The average molecular weight is 513 g/mol. The van der Waals surface area contributed by atoms with E-state index < -0.39 is 39.4 Å². The maximum atomic E-state index is 13.8. The Morgan fingerprint density at radius 2 is 1.74 bits per heavy atom. The molecular weight excluding hydrogens is 488 g/mol. The second-order valence-corrected chi connectivity index (χ2v) is 10.2. The van der Waals surface area contributed by atoms with Gasteiger partial charge in [0, 0.05) is 29.8 Å². The predicted molar refractivity (Wildman–Crippen MR) is 123 cm³/mol. The van der Waals surface area contributed by atoms with Crippen LogP contribution in [0.25, 0.3) is 5.69 Å². The van der Waals surface area contributed by atoms with Crippen molar-refractivity contribution in [3.63, 3.8) is 0 Å². The van der Waals surface area contributed by atoms with Crippen LogP contribution in [-0.4, -0.2) is 36.4 Å². The summed E-state index contributed by atoms with van der Waals surface area (Å²) in [6.45, 7) is 3.12. The fourth-order valence-corrected chi connectivity index (χ4v) is 4.45. The number of carbonyl (C=O) groups is 1. The van der Waals surface area contributed by atoms with Crippen molar-refractivity contribution in [2.24, 2.45) is 0 Å². The lowest BCUT2D eigenvalue weighted by molar-refractivity contribution is -0.137. The molecule has 0 unspecified atom stereocenters. The minimum atomic E-state index is -4.86. The Balaban J connectivity index is 2.12. The average Bonchev–Trinajstić information content (AvgIpc) is 3.10. The zero-order valence-electron chi connectivity index (χ0n) is 19.1. The van der Waals surface area contributed by atoms with Crippen LogP contribution in [-0.2, 0) is 28.9 Å². The summed E-state index contributed by atoms with van der Waals surface area (Å²) in [4.78, 5) is 13.2. The van der Waals surface area contributed by atoms with E-state index >= 15 is 0 Å². The van der Waals surface area contributed by atoms with Crippen molar-refractivity contribution in [1.82, 2.24) is 4.57 Å². The van der Waals surface area contributed by atoms with E-state index in [4.69, 9.17) is 0 Å². The Morgan fingerprint density at radius 3 is 2.26 bits per heavy atom. The molecule has 1 atom stereocenters. The van der Waals surface area contributed by atoms with Crippen molar-refractivity contribution in [3.05, 3.63) is 76.9 Å². The Bertz CT molecular complexity index is 1350. The molecule has 3 aromatic rings. The summed E-state index contributed by atoms with van der Waals surface area (Å²) in [5.41, 5.74) is -0.727. The SMILES string of the molecule is CCc1c(C(=O)Nc2ccc(S(C)(=O)=O)cc2)cc(C[C@H](C)O)n1-c1ccc(F)cc1C(F)(F)F. The van der Waals surface area contributed by atoms with Crippen LogP contribution in [0.3, 0.4) is 0 Å². The Hall–Kier alpha value is -3.18. The Morgan fingerprint density at radius 1 is 1.11 bits per heavy atom. The number of aliphatic hydroxyl groups is 1. The van der Waals surface area contributed by atoms with Gasteiger partial charge in [0.15, 0.2) is 9.84 Å². The predicted octanol–water partition coefficient (Wildman–Crippen LogP) is 4.78. The summed E-state index contributed by atoms with van der Waals surface area (Å²) in [5.74, 6) is -1.69. The summed E-state index contributed by atoms with van der Waals surface area (Å²) in [7, 11) is -3.43. The lowest BCUT2D eigenvalue weighted by atomic mass is 10.1. The number of alkyl halides is 3. The van der Waals surface area contributed by atoms with Gasteiger partial charge in [0.1, 0.15) is 5.82 Å².